The molecule has 0 bridgehead atoms. The average molecular weight is 412 g/mol. The molecule has 3 aromatic rings. The number of benzene rings is 1. The van der Waals surface area contributed by atoms with Crippen molar-refractivity contribution in [3.63, 3.8) is 0 Å². The van der Waals surface area contributed by atoms with Gasteiger partial charge in [0.15, 0.2) is 5.16 Å². The standard InChI is InChI=1S/C20H21N5OS2/c26-17(21-14-4-2-1-3-5-14)10-18-22-15(11-27-18)12-28-20-24-23-19(13-6-7-13)25(20)16-8-9-16/h1-5,11,13,16H,6-10,12H2,(H,21,26). The Kier molecular flexibility index (Phi) is 4.90. The number of thioether (sulfide) groups is 1. The van der Waals surface area contributed by atoms with Gasteiger partial charge < -0.3 is 9.88 Å². The number of aromatic nitrogens is 4. The van der Waals surface area contributed by atoms with Gasteiger partial charge in [-0.05, 0) is 37.8 Å². The summed E-state index contributed by atoms with van der Waals surface area (Å²) in [5.41, 5.74) is 1.81. The topological polar surface area (TPSA) is 72.7 Å². The number of para-hydroxylation sites is 1. The third kappa shape index (κ3) is 4.12. The Morgan fingerprint density at radius 2 is 2.00 bits per heavy atom. The second kappa shape index (κ2) is 7.67. The molecule has 2 aliphatic carbocycles. The maximum absolute atomic E-state index is 12.2. The average Bonchev–Trinajstić information content (AvgIpc) is 3.63. The molecule has 2 saturated carbocycles. The van der Waals surface area contributed by atoms with Crippen molar-refractivity contribution < 1.29 is 4.79 Å². The molecule has 0 saturated heterocycles. The van der Waals surface area contributed by atoms with Crippen LogP contribution in [0.1, 0.15) is 54.2 Å². The predicted molar refractivity (Wildman–Crippen MR) is 111 cm³/mol. The van der Waals surface area contributed by atoms with Gasteiger partial charge in [-0.15, -0.1) is 21.5 Å². The number of amides is 1. The Morgan fingerprint density at radius 1 is 1.18 bits per heavy atom. The molecule has 2 aliphatic rings. The molecule has 144 valence electrons. The highest BCUT2D eigenvalue weighted by Gasteiger charge is 2.36. The van der Waals surface area contributed by atoms with Crippen LogP contribution in [0.3, 0.4) is 0 Å². The van der Waals surface area contributed by atoms with E-state index in [2.05, 4.69) is 25.1 Å². The van der Waals surface area contributed by atoms with E-state index in [0.29, 0.717) is 18.4 Å². The minimum atomic E-state index is -0.0395. The van der Waals surface area contributed by atoms with Crippen molar-refractivity contribution in [2.45, 2.75) is 55.0 Å². The van der Waals surface area contributed by atoms with Crippen LogP contribution in [0.25, 0.3) is 0 Å². The molecule has 0 atom stereocenters. The highest BCUT2D eigenvalue weighted by molar-refractivity contribution is 7.98. The first-order chi connectivity index (χ1) is 13.8. The molecule has 2 aromatic heterocycles. The molecule has 6 nitrogen and oxygen atoms in total. The number of hydrogen-bond acceptors (Lipinski definition) is 6. The van der Waals surface area contributed by atoms with E-state index in [4.69, 9.17) is 0 Å². The number of carbonyl (C=O) groups is 1. The fraction of sp³-hybridized carbons (Fsp3) is 0.400. The Balaban J connectivity index is 1.19. The number of nitrogens with one attached hydrogen (secondary N) is 1. The van der Waals surface area contributed by atoms with Crippen LogP contribution < -0.4 is 5.32 Å². The number of rotatable bonds is 8. The molecule has 0 spiro atoms. The maximum atomic E-state index is 12.2. The number of hydrogen-bond donors (Lipinski definition) is 1. The summed E-state index contributed by atoms with van der Waals surface area (Å²) in [6.45, 7) is 0. The third-order valence-electron chi connectivity index (χ3n) is 4.86. The molecule has 0 unspecified atom stereocenters. The zero-order chi connectivity index (χ0) is 18.9. The minimum Gasteiger partial charge on any atom is -0.326 e. The van der Waals surface area contributed by atoms with E-state index in [1.165, 1.54) is 42.8 Å². The molecule has 5 rings (SSSR count). The molecule has 2 heterocycles. The summed E-state index contributed by atoms with van der Waals surface area (Å²) in [4.78, 5) is 16.8. The summed E-state index contributed by atoms with van der Waals surface area (Å²) in [6, 6.07) is 10.1. The lowest BCUT2D eigenvalue weighted by atomic mass is 10.3. The van der Waals surface area contributed by atoms with Crippen LogP contribution in [-0.4, -0.2) is 25.7 Å². The van der Waals surface area contributed by atoms with E-state index in [0.717, 1.165) is 27.3 Å². The molecule has 1 aromatic carbocycles. The van der Waals surface area contributed by atoms with Crippen LogP contribution in [-0.2, 0) is 17.0 Å². The number of anilines is 1. The summed E-state index contributed by atoms with van der Waals surface area (Å²) in [5.74, 6) is 2.52. The lowest BCUT2D eigenvalue weighted by molar-refractivity contribution is -0.115. The second-order valence-electron chi connectivity index (χ2n) is 7.33. The van der Waals surface area contributed by atoms with Gasteiger partial charge in [-0.3, -0.25) is 4.79 Å². The van der Waals surface area contributed by atoms with Crippen molar-refractivity contribution in [2.24, 2.45) is 0 Å². The first kappa shape index (κ1) is 17.9. The second-order valence-corrected chi connectivity index (χ2v) is 9.21. The Bertz CT molecular complexity index is 976. The van der Waals surface area contributed by atoms with Crippen molar-refractivity contribution in [1.29, 1.82) is 0 Å². The largest absolute Gasteiger partial charge is 0.326 e. The molecule has 0 aliphatic heterocycles. The molecular formula is C20H21N5OS2. The van der Waals surface area contributed by atoms with Gasteiger partial charge in [0.2, 0.25) is 5.91 Å². The predicted octanol–water partition coefficient (Wildman–Crippen LogP) is 4.42. The minimum absolute atomic E-state index is 0.0395. The van der Waals surface area contributed by atoms with Gasteiger partial charge in [-0.2, -0.15) is 0 Å². The monoisotopic (exact) mass is 411 g/mol. The summed E-state index contributed by atoms with van der Waals surface area (Å²) in [5, 5.41) is 15.7. The van der Waals surface area contributed by atoms with Crippen LogP contribution in [0.15, 0.2) is 40.9 Å². The number of thiazole rings is 1. The molecule has 2 fully saturated rings. The Hall–Kier alpha value is -2.19. The van der Waals surface area contributed by atoms with E-state index in [-0.39, 0.29) is 5.91 Å². The summed E-state index contributed by atoms with van der Waals surface area (Å²) >= 11 is 3.24. The Labute approximate surface area is 171 Å². The zero-order valence-corrected chi connectivity index (χ0v) is 17.0. The van der Waals surface area contributed by atoms with E-state index >= 15 is 0 Å². The highest BCUT2D eigenvalue weighted by Crippen LogP contribution is 2.46. The third-order valence-corrected chi connectivity index (χ3v) is 6.74. The molecule has 1 amide bonds. The fourth-order valence-electron chi connectivity index (χ4n) is 3.18. The van der Waals surface area contributed by atoms with Gasteiger partial charge in [-0.25, -0.2) is 4.98 Å². The lowest BCUT2D eigenvalue weighted by Crippen LogP contribution is -2.14. The van der Waals surface area contributed by atoms with Crippen LogP contribution in [0.2, 0.25) is 0 Å². The summed E-state index contributed by atoms with van der Waals surface area (Å²) in [6.07, 6.45) is 5.27. The van der Waals surface area contributed by atoms with Gasteiger partial charge in [0.25, 0.3) is 0 Å². The number of carbonyl (C=O) groups excluding carboxylic acids is 1. The van der Waals surface area contributed by atoms with E-state index in [9.17, 15) is 4.79 Å². The normalized spacial score (nSPS) is 16.3. The van der Waals surface area contributed by atoms with E-state index in [1.807, 2.05) is 35.7 Å². The maximum Gasteiger partial charge on any atom is 0.231 e. The molecule has 8 heteroatoms. The Morgan fingerprint density at radius 3 is 2.75 bits per heavy atom. The summed E-state index contributed by atoms with van der Waals surface area (Å²) in [7, 11) is 0. The highest BCUT2D eigenvalue weighted by atomic mass is 32.2. The van der Waals surface area contributed by atoms with Crippen LogP contribution in [0, 0.1) is 0 Å². The van der Waals surface area contributed by atoms with Crippen LogP contribution >= 0.6 is 23.1 Å². The SMILES string of the molecule is O=C(Cc1nc(CSc2nnc(C3CC3)n2C2CC2)cs1)Nc1ccccc1. The smallest absolute Gasteiger partial charge is 0.231 e. The molecule has 28 heavy (non-hydrogen) atoms. The van der Waals surface area contributed by atoms with Gasteiger partial charge in [-0.1, -0.05) is 30.0 Å². The van der Waals surface area contributed by atoms with Crippen LogP contribution in [0.4, 0.5) is 5.69 Å². The van der Waals surface area contributed by atoms with Crippen molar-refractivity contribution in [3.8, 4) is 0 Å². The van der Waals surface area contributed by atoms with Gasteiger partial charge >= 0.3 is 0 Å². The van der Waals surface area contributed by atoms with Gasteiger partial charge in [0, 0.05) is 28.8 Å². The first-order valence-corrected chi connectivity index (χ1v) is 11.5. The van der Waals surface area contributed by atoms with E-state index in [1.54, 1.807) is 11.8 Å². The van der Waals surface area contributed by atoms with Crippen molar-refractivity contribution in [1.82, 2.24) is 19.7 Å². The molecular weight excluding hydrogens is 390 g/mol. The van der Waals surface area contributed by atoms with Gasteiger partial charge in [0.05, 0.1) is 12.1 Å². The number of nitrogens with zero attached hydrogens (tertiary/aromatic N) is 4. The van der Waals surface area contributed by atoms with Crippen molar-refractivity contribution in [2.75, 3.05) is 5.32 Å². The quantitative estimate of drug-likeness (QED) is 0.556. The van der Waals surface area contributed by atoms with Crippen molar-refractivity contribution in [3.05, 3.63) is 52.2 Å². The molecule has 1 N–H and O–H groups in total. The van der Waals surface area contributed by atoms with Crippen molar-refractivity contribution >= 4 is 34.7 Å². The van der Waals surface area contributed by atoms with Gasteiger partial charge in [0.1, 0.15) is 10.8 Å². The summed E-state index contributed by atoms with van der Waals surface area (Å²) < 4.78 is 2.36. The zero-order valence-electron chi connectivity index (χ0n) is 15.4. The first-order valence-electron chi connectivity index (χ1n) is 9.62. The van der Waals surface area contributed by atoms with Crippen LogP contribution in [0.5, 0.6) is 0 Å². The fourth-order valence-corrected chi connectivity index (χ4v) is 4.98. The van der Waals surface area contributed by atoms with E-state index < -0.39 is 0 Å². The lowest BCUT2D eigenvalue weighted by Gasteiger charge is -2.07. The molecule has 0 radical (unpaired) electrons.